The van der Waals surface area contributed by atoms with E-state index in [1.54, 1.807) is 11.9 Å². The zero-order valence-corrected chi connectivity index (χ0v) is 10.5. The van der Waals surface area contributed by atoms with Crippen molar-refractivity contribution in [3.8, 4) is 0 Å². The van der Waals surface area contributed by atoms with Gasteiger partial charge >= 0.3 is 0 Å². The minimum absolute atomic E-state index is 0.00685. The third-order valence-electron chi connectivity index (χ3n) is 2.93. The summed E-state index contributed by atoms with van der Waals surface area (Å²) in [7, 11) is 1.75. The maximum Gasteiger partial charge on any atom is 0.253 e. The van der Waals surface area contributed by atoms with Gasteiger partial charge < -0.3 is 10.6 Å². The molecule has 0 aliphatic heterocycles. The average Bonchev–Trinajstić information content (AvgIpc) is 2.31. The van der Waals surface area contributed by atoms with Crippen molar-refractivity contribution >= 4 is 11.6 Å². The summed E-state index contributed by atoms with van der Waals surface area (Å²) in [5.74, 6) is -0.622. The highest BCUT2D eigenvalue weighted by atomic mass is 19.1. The zero-order chi connectivity index (χ0) is 13.0. The number of carbonyl (C=O) groups excluding carboxylic acids is 1. The number of nitrogens with two attached hydrogens (primary N) is 1. The van der Waals surface area contributed by atoms with Crippen molar-refractivity contribution in [1.82, 2.24) is 4.90 Å². The van der Waals surface area contributed by atoms with Crippen molar-refractivity contribution < 1.29 is 9.18 Å². The number of hydrogen-bond donors (Lipinski definition) is 1. The SMILES string of the molecule is CCCC(C)N(C)C(=O)c1ccc(F)c(N)c1. The first-order valence-corrected chi connectivity index (χ1v) is 5.79. The van der Waals surface area contributed by atoms with Crippen LogP contribution in [0.2, 0.25) is 0 Å². The van der Waals surface area contributed by atoms with Crippen LogP contribution in [0.3, 0.4) is 0 Å². The molecule has 0 bridgehead atoms. The van der Waals surface area contributed by atoms with Gasteiger partial charge in [0.25, 0.3) is 5.91 Å². The molecule has 1 aromatic carbocycles. The molecule has 0 heterocycles. The highest BCUT2D eigenvalue weighted by Gasteiger charge is 2.17. The lowest BCUT2D eigenvalue weighted by Crippen LogP contribution is -2.35. The first-order chi connectivity index (χ1) is 7.97. The van der Waals surface area contributed by atoms with Gasteiger partial charge in [-0.05, 0) is 31.5 Å². The summed E-state index contributed by atoms with van der Waals surface area (Å²) in [6.45, 7) is 4.07. The van der Waals surface area contributed by atoms with Crippen LogP contribution in [0.1, 0.15) is 37.0 Å². The van der Waals surface area contributed by atoms with Gasteiger partial charge in [0.1, 0.15) is 5.82 Å². The monoisotopic (exact) mass is 238 g/mol. The van der Waals surface area contributed by atoms with E-state index in [-0.39, 0.29) is 17.6 Å². The fourth-order valence-corrected chi connectivity index (χ4v) is 1.69. The van der Waals surface area contributed by atoms with E-state index < -0.39 is 5.82 Å². The molecule has 1 atom stereocenters. The molecule has 94 valence electrons. The Morgan fingerprint density at radius 2 is 2.18 bits per heavy atom. The molecular weight excluding hydrogens is 219 g/mol. The summed E-state index contributed by atoms with van der Waals surface area (Å²) in [6, 6.07) is 4.23. The molecule has 0 aliphatic carbocycles. The molecule has 1 aromatic rings. The largest absolute Gasteiger partial charge is 0.396 e. The molecule has 0 radical (unpaired) electrons. The van der Waals surface area contributed by atoms with Crippen LogP contribution in [-0.2, 0) is 0 Å². The second-order valence-electron chi connectivity index (χ2n) is 4.29. The van der Waals surface area contributed by atoms with Gasteiger partial charge in [0, 0.05) is 18.7 Å². The zero-order valence-electron chi connectivity index (χ0n) is 10.5. The number of nitrogen functional groups attached to an aromatic ring is 1. The summed E-state index contributed by atoms with van der Waals surface area (Å²) in [5, 5.41) is 0. The average molecular weight is 238 g/mol. The van der Waals surface area contributed by atoms with Gasteiger partial charge in [0.2, 0.25) is 0 Å². The topological polar surface area (TPSA) is 46.3 Å². The molecule has 0 saturated heterocycles. The Balaban J connectivity index is 2.85. The van der Waals surface area contributed by atoms with E-state index in [1.807, 2.05) is 6.92 Å². The Bertz CT molecular complexity index is 406. The number of halogens is 1. The second kappa shape index (κ2) is 5.66. The Morgan fingerprint density at radius 1 is 1.53 bits per heavy atom. The van der Waals surface area contributed by atoms with Crippen LogP contribution in [0.15, 0.2) is 18.2 Å². The van der Waals surface area contributed by atoms with Crippen LogP contribution in [0.4, 0.5) is 10.1 Å². The number of rotatable bonds is 4. The summed E-state index contributed by atoms with van der Waals surface area (Å²) in [6.07, 6.45) is 1.96. The highest BCUT2D eigenvalue weighted by Crippen LogP contribution is 2.15. The molecule has 1 amide bonds. The van der Waals surface area contributed by atoms with Gasteiger partial charge in [0.05, 0.1) is 5.69 Å². The second-order valence-corrected chi connectivity index (χ2v) is 4.29. The van der Waals surface area contributed by atoms with Gasteiger partial charge in [0.15, 0.2) is 0 Å². The van der Waals surface area contributed by atoms with Crippen LogP contribution in [0.5, 0.6) is 0 Å². The van der Waals surface area contributed by atoms with Gasteiger partial charge in [-0.3, -0.25) is 4.79 Å². The molecule has 0 fully saturated rings. The fraction of sp³-hybridized carbons (Fsp3) is 0.462. The molecule has 2 N–H and O–H groups in total. The quantitative estimate of drug-likeness (QED) is 0.820. The predicted molar refractivity (Wildman–Crippen MR) is 67.3 cm³/mol. The minimum atomic E-state index is -0.495. The molecule has 0 saturated carbocycles. The van der Waals surface area contributed by atoms with Crippen LogP contribution < -0.4 is 5.73 Å². The number of anilines is 1. The standard InChI is InChI=1S/C13H19FN2O/c1-4-5-9(2)16(3)13(17)10-6-7-11(14)12(15)8-10/h6-9H,4-5,15H2,1-3H3. The molecule has 0 aliphatic rings. The normalized spacial score (nSPS) is 12.2. The van der Waals surface area contributed by atoms with Gasteiger partial charge in [-0.1, -0.05) is 13.3 Å². The third-order valence-corrected chi connectivity index (χ3v) is 2.93. The van der Waals surface area contributed by atoms with Crippen molar-refractivity contribution in [2.24, 2.45) is 0 Å². The Labute approximate surface area is 101 Å². The molecule has 0 aromatic heterocycles. The van der Waals surface area contributed by atoms with E-state index in [2.05, 4.69) is 6.92 Å². The highest BCUT2D eigenvalue weighted by molar-refractivity contribution is 5.95. The van der Waals surface area contributed by atoms with Gasteiger partial charge in [-0.15, -0.1) is 0 Å². The van der Waals surface area contributed by atoms with E-state index in [4.69, 9.17) is 5.73 Å². The van der Waals surface area contributed by atoms with Crippen LogP contribution in [-0.4, -0.2) is 23.9 Å². The molecule has 1 unspecified atom stereocenters. The first kappa shape index (κ1) is 13.5. The minimum Gasteiger partial charge on any atom is -0.396 e. The lowest BCUT2D eigenvalue weighted by molar-refractivity contribution is 0.0737. The van der Waals surface area contributed by atoms with Gasteiger partial charge in [-0.2, -0.15) is 0 Å². The van der Waals surface area contributed by atoms with E-state index in [9.17, 15) is 9.18 Å². The Morgan fingerprint density at radius 3 is 2.71 bits per heavy atom. The Hall–Kier alpha value is -1.58. The van der Waals surface area contributed by atoms with E-state index >= 15 is 0 Å². The molecular formula is C13H19FN2O. The maximum absolute atomic E-state index is 13.0. The van der Waals surface area contributed by atoms with Crippen molar-refractivity contribution in [3.05, 3.63) is 29.6 Å². The van der Waals surface area contributed by atoms with Crippen LogP contribution >= 0.6 is 0 Å². The summed E-state index contributed by atoms with van der Waals surface area (Å²) in [5.41, 5.74) is 5.88. The lowest BCUT2D eigenvalue weighted by atomic mass is 10.1. The van der Waals surface area contributed by atoms with Crippen molar-refractivity contribution in [2.75, 3.05) is 12.8 Å². The van der Waals surface area contributed by atoms with E-state index in [0.717, 1.165) is 12.8 Å². The van der Waals surface area contributed by atoms with E-state index in [1.165, 1.54) is 18.2 Å². The summed E-state index contributed by atoms with van der Waals surface area (Å²) in [4.78, 5) is 13.7. The van der Waals surface area contributed by atoms with Crippen molar-refractivity contribution in [2.45, 2.75) is 32.7 Å². The van der Waals surface area contributed by atoms with E-state index in [0.29, 0.717) is 5.56 Å². The molecule has 1 rings (SSSR count). The molecule has 17 heavy (non-hydrogen) atoms. The van der Waals surface area contributed by atoms with Crippen LogP contribution in [0.25, 0.3) is 0 Å². The summed E-state index contributed by atoms with van der Waals surface area (Å²) >= 11 is 0. The summed E-state index contributed by atoms with van der Waals surface area (Å²) < 4.78 is 13.0. The molecule has 4 heteroatoms. The fourth-order valence-electron chi connectivity index (χ4n) is 1.69. The molecule has 3 nitrogen and oxygen atoms in total. The molecule has 0 spiro atoms. The number of amides is 1. The smallest absolute Gasteiger partial charge is 0.253 e. The van der Waals surface area contributed by atoms with Crippen molar-refractivity contribution in [1.29, 1.82) is 0 Å². The maximum atomic E-state index is 13.0. The number of benzene rings is 1. The van der Waals surface area contributed by atoms with Crippen molar-refractivity contribution in [3.63, 3.8) is 0 Å². The number of nitrogens with zero attached hydrogens (tertiary/aromatic N) is 1. The predicted octanol–water partition coefficient (Wildman–Crippen LogP) is 2.67. The number of hydrogen-bond acceptors (Lipinski definition) is 2. The number of carbonyl (C=O) groups is 1. The van der Waals surface area contributed by atoms with Crippen LogP contribution in [0, 0.1) is 5.82 Å². The lowest BCUT2D eigenvalue weighted by Gasteiger charge is -2.24. The first-order valence-electron chi connectivity index (χ1n) is 5.79. The Kier molecular flexibility index (Phi) is 4.49. The van der Waals surface area contributed by atoms with Gasteiger partial charge in [-0.25, -0.2) is 4.39 Å². The third kappa shape index (κ3) is 3.19.